The lowest BCUT2D eigenvalue weighted by molar-refractivity contribution is 0.0605. The molecule has 1 aliphatic heterocycles. The highest BCUT2D eigenvalue weighted by atomic mass is 16.5. The first-order valence-corrected chi connectivity index (χ1v) is 9.24. The highest BCUT2D eigenvalue weighted by molar-refractivity contribution is 6.00. The lowest BCUT2D eigenvalue weighted by atomic mass is 9.97. The third-order valence-electron chi connectivity index (χ3n) is 4.97. The Balaban J connectivity index is 1.69. The van der Waals surface area contributed by atoms with Gasteiger partial charge in [-0.2, -0.15) is 0 Å². The van der Waals surface area contributed by atoms with Crippen molar-refractivity contribution in [2.45, 2.75) is 32.4 Å². The van der Waals surface area contributed by atoms with Crippen LogP contribution in [0.2, 0.25) is 0 Å². The zero-order chi connectivity index (χ0) is 18.1. The van der Waals surface area contributed by atoms with Crippen LogP contribution in [-0.2, 0) is 4.74 Å². The van der Waals surface area contributed by atoms with Gasteiger partial charge in [-0.15, -0.1) is 0 Å². The number of para-hydroxylation sites is 1. The Morgan fingerprint density at radius 1 is 1.08 bits per heavy atom. The van der Waals surface area contributed by atoms with Gasteiger partial charge in [0, 0.05) is 41.4 Å². The lowest BCUT2D eigenvalue weighted by Gasteiger charge is -2.25. The molecular formula is C22H24N2O2. The molecule has 0 saturated heterocycles. The molecule has 26 heavy (non-hydrogen) atoms. The molecular weight excluding hydrogens is 324 g/mol. The van der Waals surface area contributed by atoms with Crippen LogP contribution in [0.3, 0.4) is 0 Å². The Labute approximate surface area is 153 Å². The number of rotatable bonds is 6. The molecule has 2 aromatic carbocycles. The van der Waals surface area contributed by atoms with Crippen molar-refractivity contribution in [2.24, 2.45) is 0 Å². The number of hydrogen-bond acceptors (Lipinski definition) is 2. The van der Waals surface area contributed by atoms with Crippen molar-refractivity contribution in [3.05, 3.63) is 71.4 Å². The number of aromatic nitrogens is 1. The number of H-pyrrole nitrogens is 1. The maximum absolute atomic E-state index is 13.0. The van der Waals surface area contributed by atoms with Crippen molar-refractivity contribution in [1.82, 2.24) is 9.88 Å². The number of amides is 1. The second-order valence-corrected chi connectivity index (χ2v) is 7.05. The first kappa shape index (κ1) is 16.9. The molecule has 3 aromatic rings. The molecule has 1 atom stereocenters. The van der Waals surface area contributed by atoms with Gasteiger partial charge in [-0.05, 0) is 38.0 Å². The number of ether oxygens (including phenoxy) is 1. The molecule has 4 nitrogen and oxygen atoms in total. The van der Waals surface area contributed by atoms with E-state index in [2.05, 4.69) is 23.2 Å². The second-order valence-electron chi connectivity index (χ2n) is 7.05. The van der Waals surface area contributed by atoms with Crippen molar-refractivity contribution in [3.63, 3.8) is 0 Å². The highest BCUT2D eigenvalue weighted by Crippen LogP contribution is 2.40. The molecule has 0 aliphatic carbocycles. The van der Waals surface area contributed by atoms with E-state index in [0.29, 0.717) is 13.2 Å². The molecule has 134 valence electrons. The SMILES string of the molecule is CC(C)OCCCN1C(=O)c2ccccc2[C@H]1c1c[nH]c2ccccc12. The molecule has 0 saturated carbocycles. The van der Waals surface area contributed by atoms with E-state index in [1.807, 2.05) is 55.3 Å². The summed E-state index contributed by atoms with van der Waals surface area (Å²) in [6.07, 6.45) is 3.09. The van der Waals surface area contributed by atoms with Crippen molar-refractivity contribution in [1.29, 1.82) is 0 Å². The van der Waals surface area contributed by atoms with E-state index in [0.717, 1.165) is 28.6 Å². The minimum absolute atomic E-state index is 0.0473. The summed E-state index contributed by atoms with van der Waals surface area (Å²) in [5.41, 5.74) is 4.16. The quantitative estimate of drug-likeness (QED) is 0.665. The van der Waals surface area contributed by atoms with Gasteiger partial charge in [-0.1, -0.05) is 36.4 Å². The minimum Gasteiger partial charge on any atom is -0.379 e. The van der Waals surface area contributed by atoms with E-state index in [9.17, 15) is 4.79 Å². The summed E-state index contributed by atoms with van der Waals surface area (Å²) in [4.78, 5) is 18.4. The maximum Gasteiger partial charge on any atom is 0.255 e. The average molecular weight is 348 g/mol. The normalized spacial score (nSPS) is 16.7. The van der Waals surface area contributed by atoms with Crippen LogP contribution < -0.4 is 0 Å². The van der Waals surface area contributed by atoms with Crippen LogP contribution in [0.15, 0.2) is 54.7 Å². The lowest BCUT2D eigenvalue weighted by Crippen LogP contribution is -2.30. The summed E-state index contributed by atoms with van der Waals surface area (Å²) < 4.78 is 5.67. The van der Waals surface area contributed by atoms with Gasteiger partial charge in [0.2, 0.25) is 0 Å². The Bertz CT molecular complexity index is 929. The number of hydrogen-bond donors (Lipinski definition) is 1. The predicted octanol–water partition coefficient (Wildman–Crippen LogP) is 4.53. The summed E-state index contributed by atoms with van der Waals surface area (Å²) in [7, 11) is 0. The molecule has 2 heterocycles. The standard InChI is InChI=1S/C22H24N2O2/c1-15(2)26-13-7-12-24-21(17-9-3-4-10-18(17)22(24)25)19-14-23-20-11-6-5-8-16(19)20/h3-6,8-11,14-15,21,23H,7,12-13H2,1-2H3/t21-/m0/s1. The summed E-state index contributed by atoms with van der Waals surface area (Å²) >= 11 is 0. The minimum atomic E-state index is -0.0473. The summed E-state index contributed by atoms with van der Waals surface area (Å²) in [5, 5.41) is 1.17. The Morgan fingerprint density at radius 3 is 2.69 bits per heavy atom. The fourth-order valence-electron chi connectivity index (χ4n) is 3.81. The van der Waals surface area contributed by atoms with E-state index in [4.69, 9.17) is 4.74 Å². The summed E-state index contributed by atoms with van der Waals surface area (Å²) in [6.45, 7) is 5.42. The number of benzene rings is 2. The summed E-state index contributed by atoms with van der Waals surface area (Å²) in [6, 6.07) is 16.2. The van der Waals surface area contributed by atoms with Crippen LogP contribution in [0.25, 0.3) is 10.9 Å². The molecule has 1 amide bonds. The van der Waals surface area contributed by atoms with Crippen molar-refractivity contribution >= 4 is 16.8 Å². The van der Waals surface area contributed by atoms with Crippen LogP contribution in [0.5, 0.6) is 0 Å². The van der Waals surface area contributed by atoms with Gasteiger partial charge in [0.15, 0.2) is 0 Å². The molecule has 1 aliphatic rings. The Kier molecular flexibility index (Phi) is 4.51. The third-order valence-corrected chi connectivity index (χ3v) is 4.97. The van der Waals surface area contributed by atoms with Gasteiger partial charge in [0.25, 0.3) is 5.91 Å². The number of nitrogens with one attached hydrogen (secondary N) is 1. The van der Waals surface area contributed by atoms with E-state index >= 15 is 0 Å². The molecule has 0 spiro atoms. The van der Waals surface area contributed by atoms with Gasteiger partial charge in [-0.25, -0.2) is 0 Å². The van der Waals surface area contributed by atoms with Gasteiger partial charge in [-0.3, -0.25) is 4.79 Å². The monoisotopic (exact) mass is 348 g/mol. The molecule has 0 bridgehead atoms. The number of carbonyl (C=O) groups is 1. The van der Waals surface area contributed by atoms with Crippen LogP contribution in [0.4, 0.5) is 0 Å². The van der Waals surface area contributed by atoms with E-state index < -0.39 is 0 Å². The maximum atomic E-state index is 13.0. The predicted molar refractivity (Wildman–Crippen MR) is 103 cm³/mol. The third kappa shape index (κ3) is 2.90. The van der Waals surface area contributed by atoms with Gasteiger partial charge in [0.05, 0.1) is 12.1 Å². The average Bonchev–Trinajstić information content (AvgIpc) is 3.18. The van der Waals surface area contributed by atoms with Crippen LogP contribution >= 0.6 is 0 Å². The first-order chi connectivity index (χ1) is 12.7. The van der Waals surface area contributed by atoms with Gasteiger partial charge in [0.1, 0.15) is 0 Å². The summed E-state index contributed by atoms with van der Waals surface area (Å²) in [5.74, 6) is 0.112. The molecule has 0 unspecified atom stereocenters. The van der Waals surface area contributed by atoms with Gasteiger partial charge < -0.3 is 14.6 Å². The highest BCUT2D eigenvalue weighted by Gasteiger charge is 2.38. The zero-order valence-electron chi connectivity index (χ0n) is 15.2. The number of fused-ring (bicyclic) bond motifs is 2. The Morgan fingerprint density at radius 2 is 1.85 bits per heavy atom. The second kappa shape index (κ2) is 6.96. The molecule has 1 aromatic heterocycles. The van der Waals surface area contributed by atoms with Crippen LogP contribution in [0, 0.1) is 0 Å². The molecule has 4 rings (SSSR count). The van der Waals surface area contributed by atoms with E-state index in [1.54, 1.807) is 0 Å². The zero-order valence-corrected chi connectivity index (χ0v) is 15.2. The largest absolute Gasteiger partial charge is 0.379 e. The van der Waals surface area contributed by atoms with E-state index in [-0.39, 0.29) is 18.1 Å². The van der Waals surface area contributed by atoms with Crippen LogP contribution in [0.1, 0.15) is 47.8 Å². The number of aromatic amines is 1. The molecule has 0 radical (unpaired) electrons. The molecule has 0 fully saturated rings. The topological polar surface area (TPSA) is 45.3 Å². The number of nitrogens with zero attached hydrogens (tertiary/aromatic N) is 1. The fraction of sp³-hybridized carbons (Fsp3) is 0.318. The van der Waals surface area contributed by atoms with Gasteiger partial charge >= 0.3 is 0 Å². The van der Waals surface area contributed by atoms with E-state index in [1.165, 1.54) is 5.39 Å². The fourth-order valence-corrected chi connectivity index (χ4v) is 3.81. The van der Waals surface area contributed by atoms with Crippen molar-refractivity contribution in [3.8, 4) is 0 Å². The first-order valence-electron chi connectivity index (χ1n) is 9.24. The Hall–Kier alpha value is -2.59. The van der Waals surface area contributed by atoms with Crippen molar-refractivity contribution in [2.75, 3.05) is 13.2 Å². The smallest absolute Gasteiger partial charge is 0.255 e. The van der Waals surface area contributed by atoms with Crippen molar-refractivity contribution < 1.29 is 9.53 Å². The number of carbonyl (C=O) groups excluding carboxylic acids is 1. The molecule has 4 heteroatoms. The molecule has 1 N–H and O–H groups in total. The van der Waals surface area contributed by atoms with Crippen LogP contribution in [-0.4, -0.2) is 35.0 Å².